The van der Waals surface area contributed by atoms with E-state index < -0.39 is 0 Å². The van der Waals surface area contributed by atoms with Crippen LogP contribution in [0.4, 0.5) is 0 Å². The number of amides is 1. The van der Waals surface area contributed by atoms with Crippen molar-refractivity contribution in [1.29, 1.82) is 0 Å². The molecule has 5 nitrogen and oxygen atoms in total. The van der Waals surface area contributed by atoms with E-state index in [0.717, 1.165) is 30.8 Å². The summed E-state index contributed by atoms with van der Waals surface area (Å²) >= 11 is 0. The van der Waals surface area contributed by atoms with Crippen LogP contribution in [0.15, 0.2) is 36.5 Å². The van der Waals surface area contributed by atoms with E-state index in [1.54, 1.807) is 0 Å². The molecule has 1 aromatic carbocycles. The molecule has 0 radical (unpaired) electrons. The number of piperidine rings is 1. The van der Waals surface area contributed by atoms with E-state index >= 15 is 0 Å². The van der Waals surface area contributed by atoms with Gasteiger partial charge in [0.25, 0.3) is 0 Å². The summed E-state index contributed by atoms with van der Waals surface area (Å²) in [7, 11) is 0. The number of hydrogen-bond acceptors (Lipinski definition) is 3. The summed E-state index contributed by atoms with van der Waals surface area (Å²) in [6.45, 7) is 4.32. The van der Waals surface area contributed by atoms with Crippen LogP contribution >= 0.6 is 0 Å². The van der Waals surface area contributed by atoms with E-state index in [-0.39, 0.29) is 11.8 Å². The molecule has 2 heterocycles. The predicted octanol–water partition coefficient (Wildman–Crippen LogP) is 1.80. The van der Waals surface area contributed by atoms with Crippen molar-refractivity contribution in [1.82, 2.24) is 20.4 Å². The molecule has 22 heavy (non-hydrogen) atoms. The first-order chi connectivity index (χ1) is 10.8. The van der Waals surface area contributed by atoms with Crippen molar-refractivity contribution < 1.29 is 4.79 Å². The number of rotatable bonds is 5. The van der Waals surface area contributed by atoms with Crippen molar-refractivity contribution in [3.8, 4) is 5.69 Å². The highest BCUT2D eigenvalue weighted by Crippen LogP contribution is 2.15. The van der Waals surface area contributed by atoms with Crippen molar-refractivity contribution >= 4 is 5.91 Å². The Labute approximate surface area is 130 Å². The summed E-state index contributed by atoms with van der Waals surface area (Å²) in [5.41, 5.74) is 3.39. The molecule has 2 N–H and O–H groups in total. The average molecular weight is 298 g/mol. The molecule has 1 amide bonds. The third kappa shape index (κ3) is 3.20. The lowest BCUT2D eigenvalue weighted by atomic mass is 9.99. The van der Waals surface area contributed by atoms with Crippen LogP contribution in [-0.2, 0) is 11.3 Å². The van der Waals surface area contributed by atoms with Crippen LogP contribution in [0.5, 0.6) is 0 Å². The number of nitrogens with one attached hydrogen (secondary N) is 2. The molecule has 3 rings (SSSR count). The molecular weight excluding hydrogens is 276 g/mol. The molecular formula is C17H22N4O. The van der Waals surface area contributed by atoms with Crippen LogP contribution in [0.3, 0.4) is 0 Å². The molecule has 1 aromatic heterocycles. The number of aryl methyl sites for hydroxylation is 1. The zero-order valence-electron chi connectivity index (χ0n) is 12.9. The average Bonchev–Trinajstić information content (AvgIpc) is 2.98. The highest BCUT2D eigenvalue weighted by atomic mass is 16.1. The second-order valence-electron chi connectivity index (χ2n) is 5.78. The van der Waals surface area contributed by atoms with E-state index in [0.29, 0.717) is 13.1 Å². The Bertz CT molecular complexity index is 650. The topological polar surface area (TPSA) is 59.0 Å². The zero-order valence-corrected chi connectivity index (χ0v) is 12.9. The fourth-order valence-corrected chi connectivity index (χ4v) is 2.89. The largest absolute Gasteiger partial charge is 0.356 e. The van der Waals surface area contributed by atoms with Gasteiger partial charge in [-0.25, -0.2) is 4.68 Å². The first kappa shape index (κ1) is 14.8. The third-order valence-corrected chi connectivity index (χ3v) is 4.16. The number of carbonyl (C=O) groups is 1. The van der Waals surface area contributed by atoms with Crippen molar-refractivity contribution in [2.24, 2.45) is 5.92 Å². The van der Waals surface area contributed by atoms with Gasteiger partial charge < -0.3 is 10.6 Å². The summed E-state index contributed by atoms with van der Waals surface area (Å²) in [6.07, 6.45) is 3.85. The van der Waals surface area contributed by atoms with Crippen LogP contribution in [0.1, 0.15) is 24.1 Å². The molecule has 1 aliphatic heterocycles. The molecule has 0 bridgehead atoms. The maximum atomic E-state index is 11.8. The second-order valence-corrected chi connectivity index (χ2v) is 5.78. The van der Waals surface area contributed by atoms with Gasteiger partial charge in [-0.3, -0.25) is 4.79 Å². The Morgan fingerprint density at radius 3 is 3.05 bits per heavy atom. The van der Waals surface area contributed by atoms with Gasteiger partial charge in [0.1, 0.15) is 0 Å². The van der Waals surface area contributed by atoms with Crippen molar-refractivity contribution in [3.05, 3.63) is 47.8 Å². The second kappa shape index (κ2) is 6.75. The summed E-state index contributed by atoms with van der Waals surface area (Å²) < 4.78 is 1.96. The molecule has 1 saturated heterocycles. The number of carbonyl (C=O) groups excluding carboxylic acids is 1. The normalized spacial score (nSPS) is 18.2. The van der Waals surface area contributed by atoms with E-state index in [2.05, 4.69) is 34.8 Å². The van der Waals surface area contributed by atoms with Crippen LogP contribution in [-0.4, -0.2) is 28.8 Å². The summed E-state index contributed by atoms with van der Waals surface area (Å²) in [5.74, 6) is 0.259. The van der Waals surface area contributed by atoms with E-state index in [4.69, 9.17) is 0 Å². The maximum absolute atomic E-state index is 11.8. The Kier molecular flexibility index (Phi) is 4.53. The standard InChI is InChI=1S/C17H22N4O/c1-13-5-2-3-7-16(13)21-15(8-10-20-21)12-18-11-14-6-4-9-19-17(14)22/h2-3,5,7-8,10,14,18H,4,6,9,11-12H2,1H3,(H,19,22). The van der Waals surface area contributed by atoms with Gasteiger partial charge in [0.05, 0.1) is 17.3 Å². The van der Waals surface area contributed by atoms with Gasteiger partial charge >= 0.3 is 0 Å². The van der Waals surface area contributed by atoms with Gasteiger partial charge in [0.15, 0.2) is 0 Å². The Balaban J connectivity index is 1.63. The van der Waals surface area contributed by atoms with E-state index in [9.17, 15) is 4.79 Å². The summed E-state index contributed by atoms with van der Waals surface area (Å²) in [5, 5.41) is 10.7. The fourth-order valence-electron chi connectivity index (χ4n) is 2.89. The van der Waals surface area contributed by atoms with Gasteiger partial charge in [0.2, 0.25) is 5.91 Å². The quantitative estimate of drug-likeness (QED) is 0.885. The van der Waals surface area contributed by atoms with Gasteiger partial charge in [-0.05, 0) is 37.5 Å². The molecule has 1 fully saturated rings. The van der Waals surface area contributed by atoms with Gasteiger partial charge in [-0.2, -0.15) is 5.10 Å². The predicted molar refractivity (Wildman–Crippen MR) is 85.7 cm³/mol. The minimum absolute atomic E-state index is 0.0867. The highest BCUT2D eigenvalue weighted by Gasteiger charge is 2.21. The molecule has 0 spiro atoms. The highest BCUT2D eigenvalue weighted by molar-refractivity contribution is 5.79. The number of nitrogens with zero attached hydrogens (tertiary/aromatic N) is 2. The molecule has 1 aliphatic rings. The molecule has 2 aromatic rings. The lowest BCUT2D eigenvalue weighted by Gasteiger charge is -2.22. The number of benzene rings is 1. The fraction of sp³-hybridized carbons (Fsp3) is 0.412. The van der Waals surface area contributed by atoms with Crippen LogP contribution in [0, 0.1) is 12.8 Å². The molecule has 5 heteroatoms. The van der Waals surface area contributed by atoms with E-state index in [1.807, 2.05) is 29.1 Å². The van der Waals surface area contributed by atoms with Crippen LogP contribution in [0.2, 0.25) is 0 Å². The van der Waals surface area contributed by atoms with Crippen molar-refractivity contribution in [3.63, 3.8) is 0 Å². The van der Waals surface area contributed by atoms with Crippen molar-refractivity contribution in [2.75, 3.05) is 13.1 Å². The molecule has 0 aliphatic carbocycles. The lowest BCUT2D eigenvalue weighted by Crippen LogP contribution is -2.41. The maximum Gasteiger partial charge on any atom is 0.224 e. The summed E-state index contributed by atoms with van der Waals surface area (Å²) in [4.78, 5) is 11.8. The SMILES string of the molecule is Cc1ccccc1-n1nccc1CNCC1CCCNC1=O. The lowest BCUT2D eigenvalue weighted by molar-refractivity contribution is -0.126. The van der Waals surface area contributed by atoms with Gasteiger partial charge in [-0.15, -0.1) is 0 Å². The van der Waals surface area contributed by atoms with Crippen molar-refractivity contribution in [2.45, 2.75) is 26.3 Å². The van der Waals surface area contributed by atoms with Gasteiger partial charge in [0, 0.05) is 25.8 Å². The Hall–Kier alpha value is -2.14. The molecule has 1 unspecified atom stereocenters. The van der Waals surface area contributed by atoms with E-state index in [1.165, 1.54) is 5.56 Å². The first-order valence-electron chi connectivity index (χ1n) is 7.83. The first-order valence-corrected chi connectivity index (χ1v) is 7.83. The zero-order chi connectivity index (χ0) is 15.4. The van der Waals surface area contributed by atoms with Gasteiger partial charge in [-0.1, -0.05) is 18.2 Å². The number of para-hydroxylation sites is 1. The monoisotopic (exact) mass is 298 g/mol. The molecule has 0 saturated carbocycles. The van der Waals surface area contributed by atoms with Crippen LogP contribution in [0.25, 0.3) is 5.69 Å². The Morgan fingerprint density at radius 1 is 1.36 bits per heavy atom. The molecule has 1 atom stereocenters. The Morgan fingerprint density at radius 2 is 2.23 bits per heavy atom. The third-order valence-electron chi connectivity index (χ3n) is 4.16. The molecule has 116 valence electrons. The number of hydrogen-bond donors (Lipinski definition) is 2. The number of aromatic nitrogens is 2. The smallest absolute Gasteiger partial charge is 0.224 e. The summed E-state index contributed by atoms with van der Waals surface area (Å²) in [6, 6.07) is 10.2. The minimum atomic E-state index is 0.0867. The van der Waals surface area contributed by atoms with Crippen LogP contribution < -0.4 is 10.6 Å². The minimum Gasteiger partial charge on any atom is -0.356 e.